The van der Waals surface area contributed by atoms with Crippen LogP contribution in [0.2, 0.25) is 0 Å². The molecule has 5 nitrogen and oxygen atoms in total. The number of nitrogens with zero attached hydrogens (tertiary/aromatic N) is 2. The minimum atomic E-state index is -0.977. The van der Waals surface area contributed by atoms with Gasteiger partial charge in [0, 0.05) is 11.8 Å². The van der Waals surface area contributed by atoms with Crippen LogP contribution < -0.4 is 0 Å². The number of carbonyl (C=O) groups is 1. The van der Waals surface area contributed by atoms with Crippen molar-refractivity contribution in [3.8, 4) is 0 Å². The third-order valence-electron chi connectivity index (χ3n) is 3.20. The standard InChI is InChI=1S/C16H18N2O3/c1-3-4-5-15-14(11(2)21-18-15)9-8-13-7-6-12(10-17-13)16(19)20/h6-10H,3-5H2,1-2H3,(H,19,20)/b9-8+. The molecule has 0 fully saturated rings. The van der Waals surface area contributed by atoms with Gasteiger partial charge in [-0.3, -0.25) is 4.98 Å². The molecule has 0 aromatic carbocycles. The lowest BCUT2D eigenvalue weighted by Crippen LogP contribution is -1.96. The van der Waals surface area contributed by atoms with E-state index in [1.165, 1.54) is 12.3 Å². The molecule has 0 spiro atoms. The average molecular weight is 286 g/mol. The summed E-state index contributed by atoms with van der Waals surface area (Å²) in [4.78, 5) is 14.9. The summed E-state index contributed by atoms with van der Waals surface area (Å²) >= 11 is 0. The summed E-state index contributed by atoms with van der Waals surface area (Å²) in [6.45, 7) is 4.01. The van der Waals surface area contributed by atoms with Gasteiger partial charge in [-0.15, -0.1) is 0 Å². The van der Waals surface area contributed by atoms with E-state index in [1.54, 1.807) is 6.07 Å². The highest BCUT2D eigenvalue weighted by Gasteiger charge is 2.09. The summed E-state index contributed by atoms with van der Waals surface area (Å²) in [6, 6.07) is 3.21. The molecule has 2 aromatic heterocycles. The Morgan fingerprint density at radius 3 is 2.81 bits per heavy atom. The number of pyridine rings is 1. The quantitative estimate of drug-likeness (QED) is 0.878. The van der Waals surface area contributed by atoms with Gasteiger partial charge in [0.1, 0.15) is 5.76 Å². The van der Waals surface area contributed by atoms with Crippen molar-refractivity contribution in [2.45, 2.75) is 33.1 Å². The summed E-state index contributed by atoms with van der Waals surface area (Å²) in [6.07, 6.45) is 8.16. The molecule has 21 heavy (non-hydrogen) atoms. The maximum Gasteiger partial charge on any atom is 0.337 e. The van der Waals surface area contributed by atoms with Crippen LogP contribution in [0.3, 0.4) is 0 Å². The lowest BCUT2D eigenvalue weighted by Gasteiger charge is -1.97. The highest BCUT2D eigenvalue weighted by atomic mass is 16.5. The zero-order valence-electron chi connectivity index (χ0n) is 12.2. The van der Waals surface area contributed by atoms with E-state index >= 15 is 0 Å². The third-order valence-corrected chi connectivity index (χ3v) is 3.20. The van der Waals surface area contributed by atoms with Crippen molar-refractivity contribution < 1.29 is 14.4 Å². The SMILES string of the molecule is CCCCc1noc(C)c1/C=C/c1ccc(C(=O)O)cn1. The van der Waals surface area contributed by atoms with E-state index in [9.17, 15) is 4.79 Å². The first-order chi connectivity index (χ1) is 10.1. The molecule has 0 aliphatic rings. The lowest BCUT2D eigenvalue weighted by molar-refractivity contribution is 0.0696. The minimum absolute atomic E-state index is 0.178. The van der Waals surface area contributed by atoms with Crippen LogP contribution in [0.15, 0.2) is 22.9 Å². The molecular formula is C16H18N2O3. The second-order valence-corrected chi connectivity index (χ2v) is 4.81. The van der Waals surface area contributed by atoms with Crippen LogP contribution in [0.5, 0.6) is 0 Å². The van der Waals surface area contributed by atoms with Crippen LogP contribution in [0.4, 0.5) is 0 Å². The monoisotopic (exact) mass is 286 g/mol. The molecule has 0 saturated carbocycles. The van der Waals surface area contributed by atoms with Crippen molar-refractivity contribution in [1.29, 1.82) is 0 Å². The number of hydrogen-bond donors (Lipinski definition) is 1. The van der Waals surface area contributed by atoms with E-state index in [0.717, 1.165) is 36.3 Å². The van der Waals surface area contributed by atoms with E-state index in [2.05, 4.69) is 17.1 Å². The molecule has 0 bridgehead atoms. The predicted octanol–water partition coefficient (Wildman–Crippen LogP) is 3.59. The first kappa shape index (κ1) is 15.0. The molecule has 2 aromatic rings. The molecule has 0 saturated heterocycles. The van der Waals surface area contributed by atoms with Gasteiger partial charge < -0.3 is 9.63 Å². The molecular weight excluding hydrogens is 268 g/mol. The average Bonchev–Trinajstić information content (AvgIpc) is 2.83. The van der Waals surface area contributed by atoms with Crippen molar-refractivity contribution >= 4 is 18.1 Å². The molecule has 110 valence electrons. The first-order valence-corrected chi connectivity index (χ1v) is 6.94. The topological polar surface area (TPSA) is 76.2 Å². The van der Waals surface area contributed by atoms with Crippen molar-refractivity contribution in [3.63, 3.8) is 0 Å². The van der Waals surface area contributed by atoms with Gasteiger partial charge in [-0.05, 0) is 44.1 Å². The Balaban J connectivity index is 2.17. The van der Waals surface area contributed by atoms with Crippen LogP contribution in [0, 0.1) is 6.92 Å². The van der Waals surface area contributed by atoms with Gasteiger partial charge in [0.05, 0.1) is 17.0 Å². The number of aromatic carboxylic acids is 1. The Morgan fingerprint density at radius 2 is 2.19 bits per heavy atom. The van der Waals surface area contributed by atoms with Crippen LogP contribution in [-0.4, -0.2) is 21.2 Å². The second-order valence-electron chi connectivity index (χ2n) is 4.81. The summed E-state index contributed by atoms with van der Waals surface area (Å²) in [5.74, 6) is -0.200. The van der Waals surface area contributed by atoms with Gasteiger partial charge in [-0.1, -0.05) is 18.5 Å². The number of hydrogen-bond acceptors (Lipinski definition) is 4. The molecule has 1 N–H and O–H groups in total. The van der Waals surface area contributed by atoms with E-state index in [4.69, 9.17) is 9.63 Å². The molecule has 0 unspecified atom stereocenters. The van der Waals surface area contributed by atoms with E-state index in [1.807, 2.05) is 19.1 Å². The maximum atomic E-state index is 10.8. The Morgan fingerprint density at radius 1 is 1.38 bits per heavy atom. The van der Waals surface area contributed by atoms with Crippen molar-refractivity contribution in [2.24, 2.45) is 0 Å². The lowest BCUT2D eigenvalue weighted by atomic mass is 10.1. The largest absolute Gasteiger partial charge is 0.478 e. The molecule has 2 heterocycles. The number of rotatable bonds is 6. The van der Waals surface area contributed by atoms with Gasteiger partial charge in [-0.2, -0.15) is 0 Å². The maximum absolute atomic E-state index is 10.8. The van der Waals surface area contributed by atoms with Crippen LogP contribution in [-0.2, 0) is 6.42 Å². The van der Waals surface area contributed by atoms with Crippen LogP contribution >= 0.6 is 0 Å². The molecule has 0 radical (unpaired) electrons. The van der Waals surface area contributed by atoms with Crippen molar-refractivity contribution in [2.75, 3.05) is 0 Å². The zero-order chi connectivity index (χ0) is 15.2. The highest BCUT2D eigenvalue weighted by Crippen LogP contribution is 2.18. The first-order valence-electron chi connectivity index (χ1n) is 6.94. The molecule has 5 heteroatoms. The fourth-order valence-electron chi connectivity index (χ4n) is 1.96. The normalized spacial score (nSPS) is 11.1. The second kappa shape index (κ2) is 6.83. The van der Waals surface area contributed by atoms with Gasteiger partial charge in [0.25, 0.3) is 0 Å². The summed E-state index contributed by atoms with van der Waals surface area (Å²) < 4.78 is 5.23. The van der Waals surface area contributed by atoms with Crippen molar-refractivity contribution in [3.05, 3.63) is 46.6 Å². The molecule has 0 aliphatic heterocycles. The molecule has 0 aliphatic carbocycles. The van der Waals surface area contributed by atoms with Crippen LogP contribution in [0.25, 0.3) is 12.2 Å². The number of aryl methyl sites for hydroxylation is 2. The van der Waals surface area contributed by atoms with E-state index < -0.39 is 5.97 Å². The van der Waals surface area contributed by atoms with Gasteiger partial charge in [-0.25, -0.2) is 4.79 Å². The highest BCUT2D eigenvalue weighted by molar-refractivity contribution is 5.87. The Bertz CT molecular complexity index is 642. The number of carboxylic acid groups (broad SMARTS) is 1. The predicted molar refractivity (Wildman–Crippen MR) is 80.0 cm³/mol. The number of aromatic nitrogens is 2. The van der Waals surface area contributed by atoms with E-state index in [-0.39, 0.29) is 5.56 Å². The summed E-state index contributed by atoms with van der Waals surface area (Å²) in [5, 5.41) is 12.9. The summed E-state index contributed by atoms with van der Waals surface area (Å²) in [5.41, 5.74) is 2.80. The van der Waals surface area contributed by atoms with E-state index in [0.29, 0.717) is 5.69 Å². The summed E-state index contributed by atoms with van der Waals surface area (Å²) in [7, 11) is 0. The van der Waals surface area contributed by atoms with Gasteiger partial charge >= 0.3 is 5.97 Å². The van der Waals surface area contributed by atoms with Crippen LogP contribution in [0.1, 0.15) is 52.8 Å². The molecule has 0 atom stereocenters. The smallest absolute Gasteiger partial charge is 0.337 e. The van der Waals surface area contributed by atoms with Crippen molar-refractivity contribution in [1.82, 2.24) is 10.1 Å². The number of unbranched alkanes of at least 4 members (excludes halogenated alkanes) is 1. The Kier molecular flexibility index (Phi) is 4.87. The molecule has 2 rings (SSSR count). The fraction of sp³-hybridized carbons (Fsp3) is 0.312. The third kappa shape index (κ3) is 3.78. The Labute approximate surface area is 123 Å². The number of carboxylic acids is 1. The molecule has 0 amide bonds. The van der Waals surface area contributed by atoms with Gasteiger partial charge in [0.2, 0.25) is 0 Å². The fourth-order valence-corrected chi connectivity index (χ4v) is 1.96. The Hall–Kier alpha value is -2.43. The van der Waals surface area contributed by atoms with Gasteiger partial charge in [0.15, 0.2) is 0 Å². The zero-order valence-corrected chi connectivity index (χ0v) is 12.2. The minimum Gasteiger partial charge on any atom is -0.478 e.